The highest BCUT2D eigenvalue weighted by molar-refractivity contribution is 6.00. The SMILES string of the molecule is CO[C@@H](C)C(=O)Nc1cccc(NC(=O)Nc2ccc(C)cc2)c1. The molecule has 0 aliphatic rings. The third kappa shape index (κ3) is 5.10. The van der Waals surface area contributed by atoms with E-state index in [0.29, 0.717) is 17.1 Å². The highest BCUT2D eigenvalue weighted by Gasteiger charge is 2.12. The lowest BCUT2D eigenvalue weighted by atomic mass is 10.2. The van der Waals surface area contributed by atoms with E-state index >= 15 is 0 Å². The van der Waals surface area contributed by atoms with E-state index in [9.17, 15) is 9.59 Å². The molecule has 0 saturated heterocycles. The van der Waals surface area contributed by atoms with E-state index in [4.69, 9.17) is 4.74 Å². The monoisotopic (exact) mass is 327 g/mol. The Kier molecular flexibility index (Phi) is 5.92. The van der Waals surface area contributed by atoms with Gasteiger partial charge in [0.05, 0.1) is 0 Å². The topological polar surface area (TPSA) is 79.5 Å². The van der Waals surface area contributed by atoms with Crippen LogP contribution in [0.15, 0.2) is 48.5 Å². The quantitative estimate of drug-likeness (QED) is 0.785. The van der Waals surface area contributed by atoms with Gasteiger partial charge in [0.2, 0.25) is 0 Å². The lowest BCUT2D eigenvalue weighted by Crippen LogP contribution is -2.26. The number of aryl methyl sites for hydroxylation is 1. The predicted octanol–water partition coefficient (Wildman–Crippen LogP) is 3.61. The van der Waals surface area contributed by atoms with Crippen LogP contribution < -0.4 is 16.0 Å². The Hall–Kier alpha value is -2.86. The number of nitrogens with one attached hydrogen (secondary N) is 3. The number of ether oxygens (including phenoxy) is 1. The van der Waals surface area contributed by atoms with Crippen molar-refractivity contribution in [3.05, 3.63) is 54.1 Å². The molecule has 0 heterocycles. The summed E-state index contributed by atoms with van der Waals surface area (Å²) in [5, 5.41) is 8.20. The molecule has 0 radical (unpaired) electrons. The number of urea groups is 1. The number of carbonyl (C=O) groups excluding carboxylic acids is 2. The van der Waals surface area contributed by atoms with Gasteiger partial charge in [-0.2, -0.15) is 0 Å². The lowest BCUT2D eigenvalue weighted by Gasteiger charge is -2.12. The maximum absolute atomic E-state index is 12.0. The van der Waals surface area contributed by atoms with E-state index in [2.05, 4.69) is 16.0 Å². The number of benzene rings is 2. The predicted molar refractivity (Wildman–Crippen MR) is 95.4 cm³/mol. The molecular formula is C18H21N3O3. The molecule has 0 aliphatic carbocycles. The molecule has 6 nitrogen and oxygen atoms in total. The zero-order chi connectivity index (χ0) is 17.5. The molecule has 3 N–H and O–H groups in total. The highest BCUT2D eigenvalue weighted by Crippen LogP contribution is 2.16. The Morgan fingerprint density at radius 3 is 2.12 bits per heavy atom. The van der Waals surface area contributed by atoms with Crippen LogP contribution in [0.25, 0.3) is 0 Å². The van der Waals surface area contributed by atoms with E-state index in [1.165, 1.54) is 7.11 Å². The van der Waals surface area contributed by atoms with Crippen LogP contribution in [-0.4, -0.2) is 25.2 Å². The van der Waals surface area contributed by atoms with Crippen molar-refractivity contribution in [2.45, 2.75) is 20.0 Å². The first-order valence-electron chi connectivity index (χ1n) is 7.56. The van der Waals surface area contributed by atoms with Crippen molar-refractivity contribution in [1.82, 2.24) is 0 Å². The van der Waals surface area contributed by atoms with Gasteiger partial charge >= 0.3 is 6.03 Å². The standard InChI is InChI=1S/C18H21N3O3/c1-12-7-9-14(10-8-12)20-18(23)21-16-6-4-5-15(11-16)19-17(22)13(2)24-3/h4-11,13H,1-3H3,(H,19,22)(H2,20,21,23)/t13-/m0/s1. The van der Waals surface area contributed by atoms with Crippen LogP contribution in [-0.2, 0) is 9.53 Å². The third-order valence-electron chi connectivity index (χ3n) is 3.42. The smallest absolute Gasteiger partial charge is 0.323 e. The second-order valence-electron chi connectivity index (χ2n) is 5.39. The van der Waals surface area contributed by atoms with Gasteiger partial charge in [0.1, 0.15) is 6.10 Å². The molecule has 0 aromatic heterocycles. The summed E-state index contributed by atoms with van der Waals surface area (Å²) in [6, 6.07) is 14.0. The average Bonchev–Trinajstić information content (AvgIpc) is 2.56. The lowest BCUT2D eigenvalue weighted by molar-refractivity contribution is -0.124. The molecule has 6 heteroatoms. The summed E-state index contributed by atoms with van der Waals surface area (Å²) in [6.07, 6.45) is -0.550. The van der Waals surface area contributed by atoms with E-state index in [-0.39, 0.29) is 11.9 Å². The molecule has 2 aromatic rings. The van der Waals surface area contributed by atoms with Crippen LogP contribution in [0.3, 0.4) is 0 Å². The van der Waals surface area contributed by atoms with Crippen molar-refractivity contribution >= 4 is 29.0 Å². The van der Waals surface area contributed by atoms with Gasteiger partial charge in [-0.05, 0) is 44.2 Å². The van der Waals surface area contributed by atoms with Crippen molar-refractivity contribution < 1.29 is 14.3 Å². The summed E-state index contributed by atoms with van der Waals surface area (Å²) in [5.41, 5.74) is 2.98. The van der Waals surface area contributed by atoms with Crippen LogP contribution >= 0.6 is 0 Å². The zero-order valence-corrected chi connectivity index (χ0v) is 13.9. The number of anilines is 3. The fourth-order valence-corrected chi connectivity index (χ4v) is 1.96. The first kappa shape index (κ1) is 17.5. The first-order chi connectivity index (χ1) is 11.5. The number of carbonyl (C=O) groups is 2. The molecule has 0 spiro atoms. The summed E-state index contributed by atoms with van der Waals surface area (Å²) in [5.74, 6) is -0.251. The number of hydrogen-bond donors (Lipinski definition) is 3. The fraction of sp³-hybridized carbons (Fsp3) is 0.222. The molecule has 126 valence electrons. The molecule has 3 amide bonds. The van der Waals surface area contributed by atoms with Crippen LogP contribution in [0.4, 0.5) is 21.9 Å². The molecule has 0 unspecified atom stereocenters. The number of methoxy groups -OCH3 is 1. The maximum Gasteiger partial charge on any atom is 0.323 e. The second kappa shape index (κ2) is 8.12. The van der Waals surface area contributed by atoms with Crippen molar-refractivity contribution in [3.8, 4) is 0 Å². The largest absolute Gasteiger partial charge is 0.372 e. The number of rotatable bonds is 5. The van der Waals surface area contributed by atoms with Crippen LogP contribution in [0.2, 0.25) is 0 Å². The van der Waals surface area contributed by atoms with Crippen molar-refractivity contribution in [3.63, 3.8) is 0 Å². The van der Waals surface area contributed by atoms with Gasteiger partial charge < -0.3 is 20.7 Å². The summed E-state index contributed by atoms with van der Waals surface area (Å²) in [4.78, 5) is 23.8. The zero-order valence-electron chi connectivity index (χ0n) is 13.9. The highest BCUT2D eigenvalue weighted by atomic mass is 16.5. The average molecular weight is 327 g/mol. The fourth-order valence-electron chi connectivity index (χ4n) is 1.96. The molecule has 2 aromatic carbocycles. The van der Waals surface area contributed by atoms with Crippen molar-refractivity contribution in [2.24, 2.45) is 0 Å². The minimum absolute atomic E-state index is 0.251. The molecule has 24 heavy (non-hydrogen) atoms. The molecule has 0 bridgehead atoms. The molecule has 1 atom stereocenters. The van der Waals surface area contributed by atoms with Gasteiger partial charge in [-0.15, -0.1) is 0 Å². The van der Waals surface area contributed by atoms with E-state index in [1.807, 2.05) is 31.2 Å². The Balaban J connectivity index is 1.97. The van der Waals surface area contributed by atoms with Gasteiger partial charge in [0.25, 0.3) is 5.91 Å². The normalized spacial score (nSPS) is 11.5. The van der Waals surface area contributed by atoms with Crippen LogP contribution in [0, 0.1) is 6.92 Å². The van der Waals surface area contributed by atoms with Crippen LogP contribution in [0.5, 0.6) is 0 Å². The van der Waals surface area contributed by atoms with Crippen molar-refractivity contribution in [1.29, 1.82) is 0 Å². The maximum atomic E-state index is 12.0. The summed E-state index contributed by atoms with van der Waals surface area (Å²) >= 11 is 0. The molecule has 0 fully saturated rings. The van der Waals surface area contributed by atoms with Gasteiger partial charge in [-0.25, -0.2) is 4.79 Å². The van der Waals surface area contributed by atoms with Gasteiger partial charge in [0, 0.05) is 24.2 Å². The van der Waals surface area contributed by atoms with Crippen LogP contribution in [0.1, 0.15) is 12.5 Å². The summed E-state index contributed by atoms with van der Waals surface area (Å²) in [6.45, 7) is 3.64. The molecular weight excluding hydrogens is 306 g/mol. The molecule has 2 rings (SSSR count). The third-order valence-corrected chi connectivity index (χ3v) is 3.42. The molecule has 0 aliphatic heterocycles. The minimum atomic E-state index is -0.550. The summed E-state index contributed by atoms with van der Waals surface area (Å²) in [7, 11) is 1.47. The van der Waals surface area contributed by atoms with E-state index in [0.717, 1.165) is 5.56 Å². The Morgan fingerprint density at radius 1 is 0.917 bits per heavy atom. The van der Waals surface area contributed by atoms with Gasteiger partial charge in [-0.3, -0.25) is 4.79 Å². The second-order valence-corrected chi connectivity index (χ2v) is 5.39. The number of amides is 3. The first-order valence-corrected chi connectivity index (χ1v) is 7.56. The Bertz CT molecular complexity index is 714. The molecule has 0 saturated carbocycles. The van der Waals surface area contributed by atoms with Gasteiger partial charge in [-0.1, -0.05) is 23.8 Å². The minimum Gasteiger partial charge on any atom is -0.372 e. The number of hydrogen-bond acceptors (Lipinski definition) is 3. The summed E-state index contributed by atoms with van der Waals surface area (Å²) < 4.78 is 4.96. The van der Waals surface area contributed by atoms with Gasteiger partial charge in [0.15, 0.2) is 0 Å². The Labute approximate surface area is 141 Å². The van der Waals surface area contributed by atoms with E-state index in [1.54, 1.807) is 31.2 Å². The Morgan fingerprint density at radius 2 is 1.50 bits per heavy atom. The van der Waals surface area contributed by atoms with Crippen molar-refractivity contribution in [2.75, 3.05) is 23.1 Å². The van der Waals surface area contributed by atoms with E-state index < -0.39 is 6.10 Å².